The lowest BCUT2D eigenvalue weighted by Crippen LogP contribution is -2.21. The molecule has 0 aliphatic heterocycles. The molecule has 3 aromatic rings. The van der Waals surface area contributed by atoms with E-state index in [1.807, 2.05) is 44.3 Å². The molecule has 0 bridgehead atoms. The van der Waals surface area contributed by atoms with Gasteiger partial charge in [0.05, 0.1) is 18.7 Å². The van der Waals surface area contributed by atoms with Crippen LogP contribution < -0.4 is 4.74 Å². The van der Waals surface area contributed by atoms with Crippen molar-refractivity contribution in [3.63, 3.8) is 0 Å². The lowest BCUT2D eigenvalue weighted by molar-refractivity contribution is -0.116. The van der Waals surface area contributed by atoms with Gasteiger partial charge in [0, 0.05) is 20.1 Å². The summed E-state index contributed by atoms with van der Waals surface area (Å²) in [6.45, 7) is 6.75. The summed E-state index contributed by atoms with van der Waals surface area (Å²) in [6.07, 6.45) is 1.49. The van der Waals surface area contributed by atoms with E-state index in [1.165, 1.54) is 5.56 Å². The Morgan fingerprint density at radius 3 is 2.44 bits per heavy atom. The van der Waals surface area contributed by atoms with E-state index in [0.29, 0.717) is 18.3 Å². The zero-order valence-corrected chi connectivity index (χ0v) is 16.5. The maximum atomic E-state index is 6.03. The zero-order chi connectivity index (χ0) is 19.4. The van der Waals surface area contributed by atoms with Crippen molar-refractivity contribution in [2.45, 2.75) is 38.9 Å². The number of aromatic nitrogens is 3. The largest absolute Gasteiger partial charge is 0.491 e. The Bertz CT molecular complexity index is 875. The Kier molecular flexibility index (Phi) is 6.08. The van der Waals surface area contributed by atoms with Gasteiger partial charge < -0.3 is 14.2 Å². The molecule has 0 spiro atoms. The number of rotatable bonds is 8. The quantitative estimate of drug-likeness (QED) is 0.563. The minimum atomic E-state index is -0.384. The van der Waals surface area contributed by atoms with Gasteiger partial charge in [0.25, 0.3) is 0 Å². The van der Waals surface area contributed by atoms with Crippen LogP contribution in [0.25, 0.3) is 5.65 Å². The molecule has 0 amide bonds. The molecule has 144 valence electrons. The number of hydrogen-bond acceptors (Lipinski definition) is 5. The number of benzene rings is 1. The van der Waals surface area contributed by atoms with E-state index in [9.17, 15) is 0 Å². The number of pyridine rings is 1. The highest BCUT2D eigenvalue weighted by Crippen LogP contribution is 2.24. The minimum absolute atomic E-state index is 0.0817. The van der Waals surface area contributed by atoms with Gasteiger partial charge in [-0.25, -0.2) is 9.50 Å². The summed E-state index contributed by atoms with van der Waals surface area (Å²) >= 11 is 0. The van der Waals surface area contributed by atoms with E-state index in [4.69, 9.17) is 14.2 Å². The third kappa shape index (κ3) is 4.28. The van der Waals surface area contributed by atoms with Crippen LogP contribution in [-0.4, -0.2) is 41.7 Å². The second kappa shape index (κ2) is 8.50. The first-order valence-electron chi connectivity index (χ1n) is 9.13. The SMILES string of the molecule is COC(OC)C(C)c1nc2c(C)cc(OC[C@H](C)c3ccccc3)cn2n1. The van der Waals surface area contributed by atoms with Crippen molar-refractivity contribution in [3.8, 4) is 5.75 Å². The van der Waals surface area contributed by atoms with E-state index in [2.05, 4.69) is 29.1 Å². The first kappa shape index (κ1) is 19.3. The number of methoxy groups -OCH3 is 2. The molecule has 0 fully saturated rings. The number of ether oxygens (including phenoxy) is 3. The van der Waals surface area contributed by atoms with Gasteiger partial charge in [-0.1, -0.05) is 44.2 Å². The summed E-state index contributed by atoms with van der Waals surface area (Å²) in [5, 5.41) is 4.60. The predicted octanol–water partition coefficient (Wildman–Crippen LogP) is 3.94. The van der Waals surface area contributed by atoms with Crippen LogP contribution in [0.5, 0.6) is 5.75 Å². The van der Waals surface area contributed by atoms with E-state index in [0.717, 1.165) is 17.0 Å². The molecule has 3 rings (SSSR count). The molecule has 0 saturated heterocycles. The maximum absolute atomic E-state index is 6.03. The van der Waals surface area contributed by atoms with Gasteiger partial charge in [0.15, 0.2) is 17.8 Å². The van der Waals surface area contributed by atoms with Gasteiger partial charge in [-0.15, -0.1) is 0 Å². The molecule has 2 heterocycles. The Hall–Kier alpha value is -2.44. The van der Waals surface area contributed by atoms with Crippen molar-refractivity contribution in [1.82, 2.24) is 14.6 Å². The average molecular weight is 369 g/mol. The molecule has 1 unspecified atom stereocenters. The summed E-state index contributed by atoms with van der Waals surface area (Å²) in [6, 6.07) is 12.4. The van der Waals surface area contributed by atoms with Crippen LogP contribution in [0, 0.1) is 6.92 Å². The van der Waals surface area contributed by atoms with Crippen molar-refractivity contribution in [1.29, 1.82) is 0 Å². The number of fused-ring (bicyclic) bond motifs is 1. The van der Waals surface area contributed by atoms with Gasteiger partial charge in [-0.05, 0) is 24.1 Å². The Labute approximate surface area is 160 Å². The highest BCUT2D eigenvalue weighted by molar-refractivity contribution is 5.49. The molecule has 0 aliphatic rings. The lowest BCUT2D eigenvalue weighted by atomic mass is 10.0. The molecule has 27 heavy (non-hydrogen) atoms. The first-order valence-corrected chi connectivity index (χ1v) is 9.13. The first-order chi connectivity index (χ1) is 13.0. The van der Waals surface area contributed by atoms with E-state index in [1.54, 1.807) is 18.7 Å². The average Bonchev–Trinajstić information content (AvgIpc) is 3.12. The Morgan fingerprint density at radius 2 is 1.78 bits per heavy atom. The molecular formula is C21H27N3O3. The van der Waals surface area contributed by atoms with Crippen LogP contribution in [0.1, 0.15) is 42.6 Å². The fraction of sp³-hybridized carbons (Fsp3) is 0.429. The van der Waals surface area contributed by atoms with Gasteiger partial charge >= 0.3 is 0 Å². The summed E-state index contributed by atoms with van der Waals surface area (Å²) in [4.78, 5) is 4.65. The van der Waals surface area contributed by atoms with Crippen molar-refractivity contribution >= 4 is 5.65 Å². The van der Waals surface area contributed by atoms with E-state index < -0.39 is 0 Å². The number of hydrogen-bond donors (Lipinski definition) is 0. The molecule has 2 aromatic heterocycles. The molecule has 2 atom stereocenters. The molecule has 6 heteroatoms. The van der Waals surface area contributed by atoms with E-state index >= 15 is 0 Å². The molecule has 0 radical (unpaired) electrons. The van der Waals surface area contributed by atoms with Crippen LogP contribution in [0.4, 0.5) is 0 Å². The van der Waals surface area contributed by atoms with E-state index in [-0.39, 0.29) is 12.2 Å². The molecule has 0 saturated carbocycles. The standard InChI is InChI=1S/C21H27N3O3/c1-14-11-18(27-13-15(2)17-9-7-6-8-10-17)12-24-20(14)22-19(23-24)16(3)21(25-4)26-5/h6-12,15-16,21H,13H2,1-5H3/t15-,16?/m0/s1. The van der Waals surface area contributed by atoms with Crippen molar-refractivity contribution < 1.29 is 14.2 Å². The lowest BCUT2D eigenvalue weighted by Gasteiger charge is -2.17. The normalized spacial score (nSPS) is 13.9. The smallest absolute Gasteiger partial charge is 0.166 e. The number of aryl methyl sites for hydroxylation is 1. The van der Waals surface area contributed by atoms with Gasteiger partial charge in [0.1, 0.15) is 5.75 Å². The Balaban J connectivity index is 1.78. The monoisotopic (exact) mass is 369 g/mol. The third-order valence-corrected chi connectivity index (χ3v) is 4.76. The fourth-order valence-corrected chi connectivity index (χ4v) is 3.13. The zero-order valence-electron chi connectivity index (χ0n) is 16.5. The van der Waals surface area contributed by atoms with Crippen LogP contribution in [-0.2, 0) is 9.47 Å². The summed E-state index contributed by atoms with van der Waals surface area (Å²) in [5.41, 5.74) is 3.08. The van der Waals surface area contributed by atoms with Gasteiger partial charge in [-0.3, -0.25) is 0 Å². The van der Waals surface area contributed by atoms with Crippen LogP contribution >= 0.6 is 0 Å². The molecule has 0 N–H and O–H groups in total. The second-order valence-corrected chi connectivity index (χ2v) is 6.85. The topological polar surface area (TPSA) is 57.9 Å². The van der Waals surface area contributed by atoms with Gasteiger partial charge in [-0.2, -0.15) is 5.10 Å². The Morgan fingerprint density at radius 1 is 1.07 bits per heavy atom. The summed E-state index contributed by atoms with van der Waals surface area (Å²) in [5.74, 6) is 1.68. The predicted molar refractivity (Wildman–Crippen MR) is 104 cm³/mol. The molecule has 0 aliphatic carbocycles. The molecule has 1 aromatic carbocycles. The minimum Gasteiger partial charge on any atom is -0.491 e. The number of nitrogens with zero attached hydrogens (tertiary/aromatic N) is 3. The van der Waals surface area contributed by atoms with Crippen molar-refractivity contribution in [2.24, 2.45) is 0 Å². The van der Waals surface area contributed by atoms with Crippen LogP contribution in [0.15, 0.2) is 42.6 Å². The van der Waals surface area contributed by atoms with Crippen LogP contribution in [0.2, 0.25) is 0 Å². The third-order valence-electron chi connectivity index (χ3n) is 4.76. The molecular weight excluding hydrogens is 342 g/mol. The summed E-state index contributed by atoms with van der Waals surface area (Å²) < 4.78 is 18.5. The molecule has 6 nitrogen and oxygen atoms in total. The fourth-order valence-electron chi connectivity index (χ4n) is 3.13. The van der Waals surface area contributed by atoms with Crippen molar-refractivity contribution in [2.75, 3.05) is 20.8 Å². The second-order valence-electron chi connectivity index (χ2n) is 6.85. The van der Waals surface area contributed by atoms with Crippen LogP contribution in [0.3, 0.4) is 0 Å². The summed E-state index contributed by atoms with van der Waals surface area (Å²) in [7, 11) is 3.23. The van der Waals surface area contributed by atoms with Crippen molar-refractivity contribution in [3.05, 3.63) is 59.5 Å². The van der Waals surface area contributed by atoms with Gasteiger partial charge in [0.2, 0.25) is 0 Å². The highest BCUT2D eigenvalue weighted by Gasteiger charge is 2.23. The highest BCUT2D eigenvalue weighted by atomic mass is 16.7. The maximum Gasteiger partial charge on any atom is 0.166 e.